The molecule has 0 radical (unpaired) electrons. The topological polar surface area (TPSA) is 26.3 Å². The highest BCUT2D eigenvalue weighted by Crippen LogP contribution is 2.73. The molecule has 2 nitrogen and oxygen atoms in total. The van der Waals surface area contributed by atoms with Crippen LogP contribution in [-0.4, -0.2) is 5.97 Å². The number of carbonyl (C=O) groups excluding carboxylic acids is 1. The minimum Gasteiger partial charge on any atom is -0.425 e. The van der Waals surface area contributed by atoms with Crippen LogP contribution in [0, 0.1) is 17.8 Å². The van der Waals surface area contributed by atoms with Crippen molar-refractivity contribution < 1.29 is 9.53 Å². The molecule has 0 saturated heterocycles. The van der Waals surface area contributed by atoms with Crippen LogP contribution in [0.25, 0.3) is 159 Å². The van der Waals surface area contributed by atoms with Gasteiger partial charge in [-0.05, 0) is 210 Å². The minimum atomic E-state index is -0.0933. The van der Waals surface area contributed by atoms with Crippen LogP contribution in [-0.2, 0) is 4.79 Å². The van der Waals surface area contributed by atoms with E-state index in [0.29, 0.717) is 18.3 Å². The highest BCUT2D eigenvalue weighted by atomic mass is 16.5. The summed E-state index contributed by atoms with van der Waals surface area (Å²) in [5.41, 5.74) is 20.9. The molecular formula is C86H62O2. The molecule has 24 rings (SSSR count). The Morgan fingerprint density at radius 1 is 0.409 bits per heavy atom. The number of hydrogen-bond acceptors (Lipinski definition) is 2. The van der Waals surface area contributed by atoms with E-state index in [1.807, 2.05) is 0 Å². The van der Waals surface area contributed by atoms with Crippen LogP contribution in [0.2, 0.25) is 0 Å². The van der Waals surface area contributed by atoms with Crippen molar-refractivity contribution in [2.75, 3.05) is 0 Å². The Morgan fingerprint density at radius 2 is 1.05 bits per heavy atom. The van der Waals surface area contributed by atoms with Gasteiger partial charge < -0.3 is 4.74 Å². The van der Waals surface area contributed by atoms with Crippen molar-refractivity contribution in [2.45, 2.75) is 127 Å². The van der Waals surface area contributed by atoms with Gasteiger partial charge in [0.25, 0.3) is 0 Å². The van der Waals surface area contributed by atoms with Crippen molar-refractivity contribution in [3.05, 3.63) is 186 Å². The zero-order valence-corrected chi connectivity index (χ0v) is 49.7. The van der Waals surface area contributed by atoms with E-state index in [4.69, 9.17) is 4.74 Å². The lowest BCUT2D eigenvalue weighted by Gasteiger charge is -2.57. The molecule has 0 N–H and O–H groups in total. The Hall–Kier alpha value is -8.59. The summed E-state index contributed by atoms with van der Waals surface area (Å²) in [7, 11) is 0. The number of ether oxygens (including phenoxy) is 1. The second kappa shape index (κ2) is 15.6. The second-order valence-electron chi connectivity index (χ2n) is 29.3. The van der Waals surface area contributed by atoms with Crippen LogP contribution in [0.3, 0.4) is 0 Å². The maximum Gasteiger partial charge on any atom is 0.311 e. The normalized spacial score (nSPS) is 22.6. The van der Waals surface area contributed by atoms with Crippen LogP contribution in [0.1, 0.15) is 166 Å². The van der Waals surface area contributed by atoms with Gasteiger partial charge in [0.1, 0.15) is 5.75 Å². The van der Waals surface area contributed by atoms with E-state index < -0.39 is 0 Å². The van der Waals surface area contributed by atoms with Crippen molar-refractivity contribution in [1.29, 1.82) is 0 Å². The van der Waals surface area contributed by atoms with Crippen molar-refractivity contribution in [2.24, 2.45) is 17.8 Å². The third-order valence-electron chi connectivity index (χ3n) is 25.4. The molecular weight excluding hydrogens is 1060 g/mol. The molecule has 13 aromatic rings. The molecule has 13 aromatic carbocycles. The maximum atomic E-state index is 15.2. The lowest BCUT2D eigenvalue weighted by Crippen LogP contribution is -2.47. The van der Waals surface area contributed by atoms with E-state index in [2.05, 4.69) is 134 Å². The molecule has 11 aliphatic carbocycles. The van der Waals surface area contributed by atoms with Gasteiger partial charge in [-0.25, -0.2) is 0 Å². The monoisotopic (exact) mass is 1130 g/mol. The molecule has 88 heavy (non-hydrogen) atoms. The third kappa shape index (κ3) is 5.01. The lowest BCUT2D eigenvalue weighted by molar-refractivity contribution is -0.134. The molecule has 0 heterocycles. The van der Waals surface area contributed by atoms with E-state index >= 15 is 4.79 Å². The number of benzene rings is 13. The van der Waals surface area contributed by atoms with Gasteiger partial charge in [-0.1, -0.05) is 206 Å². The first-order valence-corrected chi connectivity index (χ1v) is 34.3. The molecule has 1 fully saturated rings. The van der Waals surface area contributed by atoms with Gasteiger partial charge in [0.2, 0.25) is 0 Å². The Kier molecular flexibility index (Phi) is 8.27. The molecule has 0 aromatic heterocycles. The largest absolute Gasteiger partial charge is 0.425 e. The van der Waals surface area contributed by atoms with Gasteiger partial charge in [0, 0.05) is 74.2 Å². The molecule has 418 valence electrons. The Balaban J connectivity index is 0.811. The zero-order chi connectivity index (χ0) is 56.6. The van der Waals surface area contributed by atoms with E-state index in [0.717, 1.165) is 29.4 Å². The van der Waals surface area contributed by atoms with Gasteiger partial charge in [0.05, 0.1) is 0 Å². The average molecular weight is 1130 g/mol. The van der Waals surface area contributed by atoms with Crippen LogP contribution in [0.15, 0.2) is 137 Å². The first kappa shape index (κ1) is 46.6. The fourth-order valence-corrected chi connectivity index (χ4v) is 22.6. The summed E-state index contributed by atoms with van der Waals surface area (Å²) in [4.78, 5) is 15.2. The molecule has 6 unspecified atom stereocenters. The van der Waals surface area contributed by atoms with Crippen molar-refractivity contribution >= 4 is 165 Å². The first-order valence-electron chi connectivity index (χ1n) is 34.3. The molecule has 0 aliphatic heterocycles. The number of rotatable bonds is 17. The Morgan fingerprint density at radius 3 is 1.90 bits per heavy atom. The van der Waals surface area contributed by atoms with Gasteiger partial charge in [-0.15, -0.1) is 0 Å². The first-order chi connectivity index (χ1) is 43.6. The molecule has 0 amide bonds. The minimum absolute atomic E-state index is 0.0933. The van der Waals surface area contributed by atoms with Gasteiger partial charge >= 0.3 is 5.97 Å². The summed E-state index contributed by atoms with van der Waals surface area (Å²) >= 11 is 0. The summed E-state index contributed by atoms with van der Waals surface area (Å²) in [6, 6.07) is 24.5. The van der Waals surface area contributed by atoms with Crippen LogP contribution in [0.4, 0.5) is 0 Å². The van der Waals surface area contributed by atoms with Gasteiger partial charge in [-0.3, -0.25) is 4.79 Å². The smallest absolute Gasteiger partial charge is 0.311 e. The van der Waals surface area contributed by atoms with E-state index in [-0.39, 0.29) is 29.6 Å². The zero-order valence-electron chi connectivity index (χ0n) is 49.7. The second-order valence-corrected chi connectivity index (χ2v) is 29.3. The van der Waals surface area contributed by atoms with E-state index in [9.17, 15) is 0 Å². The van der Waals surface area contributed by atoms with Crippen LogP contribution < -0.4 is 15.2 Å². The van der Waals surface area contributed by atoms with Gasteiger partial charge in [0.15, 0.2) is 0 Å². The Bertz CT molecular complexity index is 6070. The fourth-order valence-electron chi connectivity index (χ4n) is 22.6. The van der Waals surface area contributed by atoms with Crippen molar-refractivity contribution in [3.63, 3.8) is 0 Å². The molecule has 11 aliphatic rings. The lowest BCUT2D eigenvalue weighted by atomic mass is 9.45. The summed E-state index contributed by atoms with van der Waals surface area (Å²) in [6.07, 6.45) is 47.7. The standard InChI is InChI=1S/C86H62O2/c1-2-3-4-5-6-7-8-9-10-11-12-13-14-15-16-23-55(87)88-86-53-37-44-27-25-40-29-31-52-49-21-17-19-41-32-45-35-47-36-46-34-43-26-24-39-28-30-51-50-22-18-20-42-33-48-38-54(86)69-76-65(48)71(57(42)50)78-66(51)58(39)60(43)72-63(46)74-64(47)73-62(45)70(56(41)49)79-67(52)59(40)61(44)75-68(53)77(69)85(81(73)83(75)79)82(74)84(76)80(72)78/h17-22,24-38,57-58,60,62,66,78H,2-16,23H2,1H3. The molecule has 0 spiro atoms. The Labute approximate surface area is 508 Å². The van der Waals surface area contributed by atoms with Crippen LogP contribution in [0.5, 0.6) is 5.75 Å². The number of carbonyl (C=O) groups is 1. The van der Waals surface area contributed by atoms with E-state index in [1.54, 1.807) is 27.8 Å². The molecule has 2 heteroatoms. The van der Waals surface area contributed by atoms with E-state index in [1.165, 1.54) is 263 Å². The average Bonchev–Trinajstić information content (AvgIpc) is 0.627. The number of allylic oxidation sites excluding steroid dienone is 13. The number of hydrogen-bond donors (Lipinski definition) is 0. The third-order valence-corrected chi connectivity index (χ3v) is 25.4. The predicted octanol–water partition coefficient (Wildman–Crippen LogP) is 21.5. The molecule has 6 atom stereocenters. The summed E-state index contributed by atoms with van der Waals surface area (Å²) in [6.45, 7) is 2.30. The number of fused-ring (bicyclic) bond motifs is 2. The highest BCUT2D eigenvalue weighted by molar-refractivity contribution is 6.58. The van der Waals surface area contributed by atoms with Crippen LogP contribution >= 0.6 is 0 Å². The maximum absolute atomic E-state index is 15.2. The van der Waals surface area contributed by atoms with Gasteiger partial charge in [-0.2, -0.15) is 0 Å². The van der Waals surface area contributed by atoms with Crippen molar-refractivity contribution in [3.8, 4) is 5.75 Å². The SMILES string of the molecule is CCCCCCCCCCCCCCCCCC(=O)Oc1c2cc3c4c5c6c7c8c9c(cc%10c%11c%12c%13c%14c%15c%16c%17c(cccc%17c%17ccc%18ccc%19cc1c(c%14c%19c%18c%17%15)c(c25)c%13c6c9%11)C=C(C=%10)C%16%12)C=C1C=CC2=CC=C5C6=CC=CC(=C3)C6C=4C7C5C2C18. The number of unbranched alkanes of at least 4 members (excludes halogenated alkanes) is 14. The predicted molar refractivity (Wildman–Crippen MR) is 369 cm³/mol. The summed E-state index contributed by atoms with van der Waals surface area (Å²) in [5.74, 6) is 2.17. The highest BCUT2D eigenvalue weighted by Gasteiger charge is 2.59. The fraction of sp³-hybridized carbons (Fsp3) is 0.267. The van der Waals surface area contributed by atoms with Crippen molar-refractivity contribution in [1.82, 2.24) is 0 Å². The quantitative estimate of drug-likeness (QED) is 0.0299. The summed E-state index contributed by atoms with van der Waals surface area (Å²) in [5, 5.41) is 36.4. The molecule has 1 saturated carbocycles. The summed E-state index contributed by atoms with van der Waals surface area (Å²) < 4.78 is 7.35. The number of esters is 1. The molecule has 0 bridgehead atoms.